The predicted octanol–water partition coefficient (Wildman–Crippen LogP) is -0.664. The van der Waals surface area contributed by atoms with Crippen LogP contribution in [0.15, 0.2) is 0 Å². The Bertz CT molecular complexity index is 406. The van der Waals surface area contributed by atoms with E-state index < -0.39 is 0 Å². The van der Waals surface area contributed by atoms with E-state index in [0.29, 0.717) is 19.0 Å². The highest BCUT2D eigenvalue weighted by molar-refractivity contribution is 5.83. The second-order valence-electron chi connectivity index (χ2n) is 4.54. The summed E-state index contributed by atoms with van der Waals surface area (Å²) in [5.41, 5.74) is 0. The minimum absolute atomic E-state index is 0.0969. The number of carbonyl (C=O) groups is 1. The van der Waals surface area contributed by atoms with Gasteiger partial charge in [0, 0.05) is 6.04 Å². The van der Waals surface area contributed by atoms with Crippen LogP contribution >= 0.6 is 0 Å². The zero-order valence-electron chi connectivity index (χ0n) is 10.8. The Kier molecular flexibility index (Phi) is 4.38. The summed E-state index contributed by atoms with van der Waals surface area (Å²) >= 11 is 0. The van der Waals surface area contributed by atoms with Crippen LogP contribution in [0.5, 0.6) is 0 Å². The van der Waals surface area contributed by atoms with Crippen molar-refractivity contribution in [2.45, 2.75) is 25.8 Å². The molecule has 7 nitrogen and oxygen atoms in total. The summed E-state index contributed by atoms with van der Waals surface area (Å²) in [4.78, 5) is 13.5. The van der Waals surface area contributed by atoms with Crippen LogP contribution in [-0.2, 0) is 23.0 Å². The Morgan fingerprint density at radius 2 is 2.39 bits per heavy atom. The third-order valence-electron chi connectivity index (χ3n) is 3.03. The largest absolute Gasteiger partial charge is 0.379 e. The van der Waals surface area contributed by atoms with Crippen LogP contribution in [0.4, 0.5) is 0 Å². The minimum Gasteiger partial charge on any atom is -0.379 e. The fraction of sp³-hybridized carbons (Fsp3) is 0.818. The Morgan fingerprint density at radius 3 is 3.06 bits per heavy atom. The Hall–Kier alpha value is -1.34. The lowest BCUT2D eigenvalue weighted by molar-refractivity contribution is -0.122. The number of ketones is 1. The summed E-state index contributed by atoms with van der Waals surface area (Å²) in [7, 11) is 1.69. The van der Waals surface area contributed by atoms with Crippen molar-refractivity contribution in [3.63, 3.8) is 0 Å². The third kappa shape index (κ3) is 3.11. The second-order valence-corrected chi connectivity index (χ2v) is 4.54. The standard InChI is InChI=1S/C11H19N5O2/c1-3-4-12-9-7-18-6-8(9)10(17)5-11-13-15-16(2)14-11/h8-9,12H,3-7H2,1-2H3. The summed E-state index contributed by atoms with van der Waals surface area (Å²) in [5, 5.41) is 14.9. The van der Waals surface area contributed by atoms with Gasteiger partial charge in [-0.05, 0) is 18.2 Å². The Morgan fingerprint density at radius 1 is 1.56 bits per heavy atom. The molecule has 1 aliphatic heterocycles. The van der Waals surface area contributed by atoms with E-state index in [-0.39, 0.29) is 24.2 Å². The lowest BCUT2D eigenvalue weighted by Crippen LogP contribution is -2.40. The molecule has 2 rings (SSSR count). The fourth-order valence-corrected chi connectivity index (χ4v) is 2.08. The van der Waals surface area contributed by atoms with E-state index in [1.165, 1.54) is 4.80 Å². The van der Waals surface area contributed by atoms with Gasteiger partial charge in [-0.3, -0.25) is 4.79 Å². The van der Waals surface area contributed by atoms with E-state index in [1.54, 1.807) is 7.05 Å². The van der Waals surface area contributed by atoms with Crippen LogP contribution in [0, 0.1) is 5.92 Å². The van der Waals surface area contributed by atoms with Crippen molar-refractivity contribution in [1.82, 2.24) is 25.5 Å². The number of aromatic nitrogens is 4. The molecule has 0 saturated carbocycles. The average molecular weight is 253 g/mol. The van der Waals surface area contributed by atoms with Crippen molar-refractivity contribution in [3.05, 3.63) is 5.82 Å². The van der Waals surface area contributed by atoms with Gasteiger partial charge in [0.2, 0.25) is 0 Å². The van der Waals surface area contributed by atoms with E-state index in [2.05, 4.69) is 27.7 Å². The summed E-state index contributed by atoms with van der Waals surface area (Å²) in [6, 6.07) is 0.120. The highest BCUT2D eigenvalue weighted by Gasteiger charge is 2.33. The molecule has 1 aromatic heterocycles. The quantitative estimate of drug-likeness (QED) is 0.724. The number of rotatable bonds is 6. The molecule has 1 aromatic rings. The molecule has 1 saturated heterocycles. The second kappa shape index (κ2) is 6.01. The van der Waals surface area contributed by atoms with E-state index >= 15 is 0 Å². The molecular formula is C11H19N5O2. The maximum atomic E-state index is 12.2. The number of tetrazole rings is 1. The van der Waals surface area contributed by atoms with Gasteiger partial charge in [-0.25, -0.2) is 0 Å². The first-order valence-electron chi connectivity index (χ1n) is 6.27. The molecule has 0 radical (unpaired) electrons. The first-order valence-corrected chi connectivity index (χ1v) is 6.27. The van der Waals surface area contributed by atoms with Gasteiger partial charge in [-0.15, -0.1) is 10.2 Å². The molecule has 1 N–H and O–H groups in total. The number of nitrogens with zero attached hydrogens (tertiary/aromatic N) is 4. The monoisotopic (exact) mass is 253 g/mol. The molecule has 0 bridgehead atoms. The van der Waals surface area contributed by atoms with Crippen LogP contribution in [-0.4, -0.2) is 51.8 Å². The highest BCUT2D eigenvalue weighted by Crippen LogP contribution is 2.16. The molecular weight excluding hydrogens is 234 g/mol. The van der Waals surface area contributed by atoms with Gasteiger partial charge in [0.15, 0.2) is 5.82 Å². The van der Waals surface area contributed by atoms with Crippen molar-refractivity contribution in [2.75, 3.05) is 19.8 Å². The van der Waals surface area contributed by atoms with Gasteiger partial charge in [0.1, 0.15) is 5.78 Å². The first-order chi connectivity index (χ1) is 8.70. The smallest absolute Gasteiger partial charge is 0.182 e. The van der Waals surface area contributed by atoms with Crippen molar-refractivity contribution in [2.24, 2.45) is 13.0 Å². The molecule has 18 heavy (non-hydrogen) atoms. The number of carbonyl (C=O) groups excluding carboxylic acids is 1. The predicted molar refractivity (Wildman–Crippen MR) is 63.9 cm³/mol. The number of hydrogen-bond donors (Lipinski definition) is 1. The Labute approximate surface area is 106 Å². The molecule has 1 aliphatic rings. The van der Waals surface area contributed by atoms with E-state index in [1.807, 2.05) is 0 Å². The van der Waals surface area contributed by atoms with Gasteiger partial charge in [-0.2, -0.15) is 4.80 Å². The maximum Gasteiger partial charge on any atom is 0.182 e. The van der Waals surface area contributed by atoms with Gasteiger partial charge < -0.3 is 10.1 Å². The van der Waals surface area contributed by atoms with Crippen LogP contribution in [0.2, 0.25) is 0 Å². The van der Waals surface area contributed by atoms with Crippen LogP contribution < -0.4 is 5.32 Å². The van der Waals surface area contributed by atoms with E-state index in [4.69, 9.17) is 4.74 Å². The van der Waals surface area contributed by atoms with Crippen LogP contribution in [0.1, 0.15) is 19.2 Å². The van der Waals surface area contributed by atoms with Crippen molar-refractivity contribution < 1.29 is 9.53 Å². The molecule has 2 unspecified atom stereocenters. The van der Waals surface area contributed by atoms with Gasteiger partial charge in [-0.1, -0.05) is 6.92 Å². The van der Waals surface area contributed by atoms with Crippen molar-refractivity contribution in [3.8, 4) is 0 Å². The first kappa shape index (κ1) is 13.1. The molecule has 100 valence electrons. The number of aryl methyl sites for hydroxylation is 1. The van der Waals surface area contributed by atoms with Crippen molar-refractivity contribution >= 4 is 5.78 Å². The molecule has 1 fully saturated rings. The summed E-state index contributed by atoms with van der Waals surface area (Å²) in [5.74, 6) is 0.498. The molecule has 2 heterocycles. The molecule has 7 heteroatoms. The van der Waals surface area contributed by atoms with Gasteiger partial charge in [0.25, 0.3) is 0 Å². The zero-order valence-corrected chi connectivity index (χ0v) is 10.8. The number of nitrogens with one attached hydrogen (secondary N) is 1. The summed E-state index contributed by atoms with van der Waals surface area (Å²) in [6.07, 6.45) is 1.27. The van der Waals surface area contributed by atoms with Crippen molar-refractivity contribution in [1.29, 1.82) is 0 Å². The molecule has 0 spiro atoms. The van der Waals surface area contributed by atoms with Crippen LogP contribution in [0.25, 0.3) is 0 Å². The van der Waals surface area contributed by atoms with E-state index in [9.17, 15) is 4.79 Å². The lowest BCUT2D eigenvalue weighted by atomic mass is 9.96. The number of hydrogen-bond acceptors (Lipinski definition) is 6. The minimum atomic E-state index is -0.0969. The number of Topliss-reactive ketones (excluding diaryl/α,β-unsaturated/α-hetero) is 1. The van der Waals surface area contributed by atoms with Gasteiger partial charge >= 0.3 is 0 Å². The Balaban J connectivity index is 1.91. The summed E-state index contributed by atoms with van der Waals surface area (Å²) in [6.45, 7) is 4.09. The zero-order chi connectivity index (χ0) is 13.0. The molecule has 0 aromatic carbocycles. The average Bonchev–Trinajstić information content (AvgIpc) is 2.95. The molecule has 2 atom stereocenters. The lowest BCUT2D eigenvalue weighted by Gasteiger charge is -2.16. The molecule has 0 amide bonds. The normalized spacial score (nSPS) is 23.4. The topological polar surface area (TPSA) is 81.9 Å². The molecule has 0 aliphatic carbocycles. The maximum absolute atomic E-state index is 12.2. The fourth-order valence-electron chi connectivity index (χ4n) is 2.08. The van der Waals surface area contributed by atoms with Gasteiger partial charge in [0.05, 0.1) is 32.6 Å². The van der Waals surface area contributed by atoms with Crippen LogP contribution in [0.3, 0.4) is 0 Å². The highest BCUT2D eigenvalue weighted by atomic mass is 16.5. The summed E-state index contributed by atoms with van der Waals surface area (Å²) < 4.78 is 5.39. The third-order valence-corrected chi connectivity index (χ3v) is 3.03. The SMILES string of the molecule is CCCNC1COCC1C(=O)Cc1nnn(C)n1. The van der Waals surface area contributed by atoms with E-state index in [0.717, 1.165) is 13.0 Å². The number of ether oxygens (including phenoxy) is 1.